The molecule has 4 aliphatic carbocycles. The fraction of sp³-hybridized carbons (Fsp3) is 0.920. The maximum atomic E-state index is 12.7. The van der Waals surface area contributed by atoms with Crippen LogP contribution in [0.15, 0.2) is 11.6 Å². The Morgan fingerprint density at radius 2 is 1.87 bits per heavy atom. The lowest BCUT2D eigenvalue weighted by molar-refractivity contribution is -0.206. The van der Waals surface area contributed by atoms with Crippen LogP contribution in [0.2, 0.25) is 0 Å². The molecule has 2 nitrogen and oxygen atoms in total. The largest absolute Gasteiger partial charge is 0.414 e. The maximum Gasteiger partial charge on any atom is 0.414 e. The Labute approximate surface area is 179 Å². The normalized spacial score (nSPS) is 45.0. The molecule has 3 fully saturated rings. The first kappa shape index (κ1) is 22.6. The molecule has 8 atom stereocenters. The van der Waals surface area contributed by atoms with Gasteiger partial charge in [-0.25, -0.2) is 0 Å². The molecule has 0 saturated heterocycles. The zero-order valence-corrected chi connectivity index (χ0v) is 18.6. The van der Waals surface area contributed by atoms with Crippen molar-refractivity contribution in [1.82, 2.24) is 0 Å². The standard InChI is InChI=1S/C25H39F3O2/c1-23-14-12-21-19(10-9-17-15-18(29)11-13-24(17,21)2)20(23)7-3-5-16(23)6-4-8-22(30)25(26,27)28/h9,16,18-22,29-30H,3-8,10-15H2,1-2H3. The van der Waals surface area contributed by atoms with Crippen LogP contribution < -0.4 is 0 Å². The second kappa shape index (κ2) is 8.10. The average molecular weight is 429 g/mol. The number of rotatable bonds is 4. The van der Waals surface area contributed by atoms with Gasteiger partial charge in [0.25, 0.3) is 0 Å². The summed E-state index contributed by atoms with van der Waals surface area (Å²) in [4.78, 5) is 0. The summed E-state index contributed by atoms with van der Waals surface area (Å²) < 4.78 is 38.0. The van der Waals surface area contributed by atoms with Gasteiger partial charge in [-0.3, -0.25) is 0 Å². The Morgan fingerprint density at radius 3 is 2.60 bits per heavy atom. The van der Waals surface area contributed by atoms with E-state index >= 15 is 0 Å². The summed E-state index contributed by atoms with van der Waals surface area (Å²) in [5.74, 6) is 2.50. The van der Waals surface area contributed by atoms with Crippen LogP contribution in [0.1, 0.15) is 90.9 Å². The third-order valence-electron chi connectivity index (χ3n) is 9.92. The van der Waals surface area contributed by atoms with Crippen LogP contribution in [0.4, 0.5) is 13.2 Å². The van der Waals surface area contributed by atoms with E-state index in [9.17, 15) is 23.4 Å². The highest BCUT2D eigenvalue weighted by Crippen LogP contribution is 2.65. The van der Waals surface area contributed by atoms with Crippen molar-refractivity contribution in [3.05, 3.63) is 11.6 Å². The Hall–Kier alpha value is -0.550. The number of aliphatic hydroxyl groups excluding tert-OH is 2. The predicted molar refractivity (Wildman–Crippen MR) is 112 cm³/mol. The quantitative estimate of drug-likeness (QED) is 0.508. The van der Waals surface area contributed by atoms with Crippen molar-refractivity contribution >= 4 is 0 Å². The van der Waals surface area contributed by atoms with Gasteiger partial charge >= 0.3 is 6.18 Å². The maximum absolute atomic E-state index is 12.7. The molecule has 8 unspecified atom stereocenters. The number of halogens is 3. The van der Waals surface area contributed by atoms with Crippen LogP contribution in [0, 0.1) is 34.5 Å². The molecule has 0 spiro atoms. The van der Waals surface area contributed by atoms with Crippen LogP contribution in [-0.4, -0.2) is 28.6 Å². The van der Waals surface area contributed by atoms with E-state index in [1.807, 2.05) is 0 Å². The molecule has 2 N–H and O–H groups in total. The molecule has 0 amide bonds. The molecule has 172 valence electrons. The van der Waals surface area contributed by atoms with Gasteiger partial charge in [0.15, 0.2) is 0 Å². The summed E-state index contributed by atoms with van der Waals surface area (Å²) in [5, 5.41) is 19.5. The molecule has 4 aliphatic rings. The van der Waals surface area contributed by atoms with Gasteiger partial charge < -0.3 is 10.2 Å². The predicted octanol–water partition coefficient (Wildman–Crippen LogP) is 6.41. The molecule has 0 bridgehead atoms. The summed E-state index contributed by atoms with van der Waals surface area (Å²) >= 11 is 0. The van der Waals surface area contributed by atoms with Gasteiger partial charge in [0.05, 0.1) is 6.10 Å². The second-order valence-electron chi connectivity index (χ2n) is 11.3. The minimum Gasteiger partial charge on any atom is -0.393 e. The number of alkyl halides is 3. The first-order valence-corrected chi connectivity index (χ1v) is 12.2. The number of aliphatic hydroxyl groups is 2. The Bertz CT molecular complexity index is 659. The topological polar surface area (TPSA) is 40.5 Å². The summed E-state index contributed by atoms with van der Waals surface area (Å²) in [6, 6.07) is 0. The van der Waals surface area contributed by atoms with Crippen molar-refractivity contribution in [2.75, 3.05) is 0 Å². The van der Waals surface area contributed by atoms with E-state index in [-0.39, 0.29) is 23.4 Å². The average Bonchev–Trinajstić information content (AvgIpc) is 2.67. The van der Waals surface area contributed by atoms with Crippen LogP contribution >= 0.6 is 0 Å². The van der Waals surface area contributed by atoms with E-state index < -0.39 is 12.3 Å². The summed E-state index contributed by atoms with van der Waals surface area (Å²) in [7, 11) is 0. The number of hydrogen-bond donors (Lipinski definition) is 2. The van der Waals surface area contributed by atoms with Crippen LogP contribution in [0.3, 0.4) is 0 Å². The lowest BCUT2D eigenvalue weighted by Crippen LogP contribution is -2.53. The van der Waals surface area contributed by atoms with Crippen molar-refractivity contribution in [2.24, 2.45) is 34.5 Å². The Kier molecular flexibility index (Phi) is 6.11. The molecule has 0 aliphatic heterocycles. The Balaban J connectivity index is 1.47. The summed E-state index contributed by atoms with van der Waals surface area (Å²) in [6.07, 6.45) is 6.58. The molecular formula is C25H39F3O2. The van der Waals surface area contributed by atoms with Gasteiger partial charge in [0.2, 0.25) is 0 Å². The number of allylic oxidation sites excluding steroid dienone is 1. The minimum atomic E-state index is -4.49. The van der Waals surface area contributed by atoms with Crippen molar-refractivity contribution in [3.8, 4) is 0 Å². The zero-order chi connectivity index (χ0) is 21.7. The van der Waals surface area contributed by atoms with E-state index in [1.165, 1.54) is 31.3 Å². The third kappa shape index (κ3) is 3.87. The summed E-state index contributed by atoms with van der Waals surface area (Å²) in [5.41, 5.74) is 1.94. The third-order valence-corrected chi connectivity index (χ3v) is 9.92. The molecule has 4 rings (SSSR count). The summed E-state index contributed by atoms with van der Waals surface area (Å²) in [6.45, 7) is 4.85. The highest BCUT2D eigenvalue weighted by Gasteiger charge is 2.57. The van der Waals surface area contributed by atoms with Crippen LogP contribution in [0.5, 0.6) is 0 Å². The van der Waals surface area contributed by atoms with E-state index in [0.29, 0.717) is 30.1 Å². The lowest BCUT2D eigenvalue weighted by atomic mass is 9.43. The van der Waals surface area contributed by atoms with Crippen molar-refractivity contribution in [1.29, 1.82) is 0 Å². The molecule has 0 aromatic rings. The molecular weight excluding hydrogens is 389 g/mol. The molecule has 0 radical (unpaired) electrons. The monoisotopic (exact) mass is 428 g/mol. The van der Waals surface area contributed by atoms with Crippen molar-refractivity contribution in [2.45, 2.75) is 109 Å². The van der Waals surface area contributed by atoms with Gasteiger partial charge in [-0.15, -0.1) is 0 Å². The number of fused-ring (bicyclic) bond motifs is 5. The van der Waals surface area contributed by atoms with Gasteiger partial charge in [-0.2, -0.15) is 13.2 Å². The highest BCUT2D eigenvalue weighted by atomic mass is 19.4. The fourth-order valence-electron chi connectivity index (χ4n) is 8.15. The Morgan fingerprint density at radius 1 is 1.10 bits per heavy atom. The minimum absolute atomic E-state index is 0.167. The molecule has 5 heteroatoms. The van der Waals surface area contributed by atoms with Crippen molar-refractivity contribution < 1.29 is 23.4 Å². The van der Waals surface area contributed by atoms with E-state index in [2.05, 4.69) is 19.9 Å². The molecule has 0 aromatic heterocycles. The second-order valence-corrected chi connectivity index (χ2v) is 11.3. The lowest BCUT2D eigenvalue weighted by Gasteiger charge is -2.62. The molecule has 0 heterocycles. The zero-order valence-electron chi connectivity index (χ0n) is 18.6. The van der Waals surface area contributed by atoms with Crippen LogP contribution in [-0.2, 0) is 0 Å². The molecule has 3 saturated carbocycles. The SMILES string of the molecule is CC12CCC(O)CC1=CCC1C2CCC2(C)C(CCCC(O)C(F)(F)F)CCCC12. The molecule has 30 heavy (non-hydrogen) atoms. The first-order valence-electron chi connectivity index (χ1n) is 12.2. The van der Waals surface area contributed by atoms with E-state index in [1.54, 1.807) is 0 Å². The van der Waals surface area contributed by atoms with Gasteiger partial charge in [-0.05, 0) is 98.7 Å². The van der Waals surface area contributed by atoms with Gasteiger partial charge in [0.1, 0.15) is 6.10 Å². The molecule has 0 aromatic carbocycles. The van der Waals surface area contributed by atoms with Gasteiger partial charge in [-0.1, -0.05) is 38.3 Å². The fourth-order valence-corrected chi connectivity index (χ4v) is 8.15. The van der Waals surface area contributed by atoms with E-state index in [4.69, 9.17) is 0 Å². The first-order chi connectivity index (χ1) is 14.1. The highest BCUT2D eigenvalue weighted by molar-refractivity contribution is 5.25. The number of hydrogen-bond acceptors (Lipinski definition) is 2. The van der Waals surface area contributed by atoms with Gasteiger partial charge in [0, 0.05) is 0 Å². The van der Waals surface area contributed by atoms with Crippen LogP contribution in [0.25, 0.3) is 0 Å². The smallest absolute Gasteiger partial charge is 0.393 e. The van der Waals surface area contributed by atoms with E-state index in [0.717, 1.165) is 38.5 Å². The van der Waals surface area contributed by atoms with Crippen molar-refractivity contribution in [3.63, 3.8) is 0 Å².